The molecule has 0 aromatic carbocycles. The Kier molecular flexibility index (Phi) is 4.37. The van der Waals surface area contributed by atoms with Crippen LogP contribution < -0.4 is 5.32 Å². The van der Waals surface area contributed by atoms with Crippen molar-refractivity contribution in [1.29, 1.82) is 0 Å². The lowest BCUT2D eigenvalue weighted by Crippen LogP contribution is -2.05. The third-order valence-electron chi connectivity index (χ3n) is 0.982. The minimum Gasteiger partial charge on any atom is -0.509 e. The van der Waals surface area contributed by atoms with Gasteiger partial charge in [-0.1, -0.05) is 6.92 Å². The first-order chi connectivity index (χ1) is 4.72. The summed E-state index contributed by atoms with van der Waals surface area (Å²) in [5, 5.41) is 11.7. The van der Waals surface area contributed by atoms with Crippen LogP contribution in [0.3, 0.4) is 0 Å². The molecule has 2 N–H and O–H groups in total. The van der Waals surface area contributed by atoms with Gasteiger partial charge >= 0.3 is 0 Å². The Bertz CT molecular complexity index is 146. The highest BCUT2D eigenvalue weighted by atomic mass is 16.3. The van der Waals surface area contributed by atoms with Crippen LogP contribution in [-0.4, -0.2) is 18.4 Å². The zero-order valence-corrected chi connectivity index (χ0v) is 6.68. The van der Waals surface area contributed by atoms with Crippen molar-refractivity contribution in [2.75, 3.05) is 7.05 Å². The molecule has 0 atom stereocenters. The van der Waals surface area contributed by atoms with Crippen molar-refractivity contribution in [3.05, 3.63) is 11.6 Å². The van der Waals surface area contributed by atoms with Crippen LogP contribution in [0.5, 0.6) is 0 Å². The SMILES string of the molecule is CCC=N/C(NC)=C(\C)O. The zero-order chi connectivity index (χ0) is 7.98. The molecule has 3 nitrogen and oxygen atoms in total. The average molecular weight is 142 g/mol. The molecule has 58 valence electrons. The summed E-state index contributed by atoms with van der Waals surface area (Å²) >= 11 is 0. The molecule has 0 saturated heterocycles. The number of allylic oxidation sites excluding steroid dienone is 1. The lowest BCUT2D eigenvalue weighted by atomic mass is 10.5. The Labute approximate surface area is 61.5 Å². The molecule has 3 heteroatoms. The molecule has 0 aromatic heterocycles. The van der Waals surface area contributed by atoms with Crippen molar-refractivity contribution in [3.63, 3.8) is 0 Å². The van der Waals surface area contributed by atoms with Crippen LogP contribution in [0.4, 0.5) is 0 Å². The summed E-state index contributed by atoms with van der Waals surface area (Å²) < 4.78 is 0. The molecule has 0 spiro atoms. The lowest BCUT2D eigenvalue weighted by molar-refractivity contribution is 0.401. The van der Waals surface area contributed by atoms with E-state index in [-0.39, 0.29) is 5.76 Å². The van der Waals surface area contributed by atoms with Crippen LogP contribution in [0.2, 0.25) is 0 Å². The molecule has 0 heterocycles. The Hall–Kier alpha value is -0.990. The van der Waals surface area contributed by atoms with Crippen molar-refractivity contribution < 1.29 is 5.11 Å². The van der Waals surface area contributed by atoms with Gasteiger partial charge in [-0.15, -0.1) is 0 Å². The predicted octanol–water partition coefficient (Wildman–Crippen LogP) is 1.43. The summed E-state index contributed by atoms with van der Waals surface area (Å²) in [6.07, 6.45) is 2.62. The molecular formula is C7H14N2O. The van der Waals surface area contributed by atoms with E-state index in [1.165, 1.54) is 0 Å². The number of hydrogen-bond donors (Lipinski definition) is 2. The summed E-state index contributed by atoms with van der Waals surface area (Å²) in [6, 6.07) is 0. The maximum absolute atomic E-state index is 8.94. The van der Waals surface area contributed by atoms with Gasteiger partial charge in [0.15, 0.2) is 5.82 Å². The van der Waals surface area contributed by atoms with E-state index in [0.717, 1.165) is 6.42 Å². The van der Waals surface area contributed by atoms with Crippen molar-refractivity contribution in [3.8, 4) is 0 Å². The van der Waals surface area contributed by atoms with Crippen LogP contribution in [0.1, 0.15) is 20.3 Å². The number of hydrogen-bond acceptors (Lipinski definition) is 3. The second-order valence-electron chi connectivity index (χ2n) is 1.90. The number of aliphatic hydroxyl groups is 1. The molecule has 0 aliphatic carbocycles. The van der Waals surface area contributed by atoms with Gasteiger partial charge in [0, 0.05) is 13.3 Å². The monoisotopic (exact) mass is 142 g/mol. The highest BCUT2D eigenvalue weighted by Gasteiger charge is 1.91. The molecule has 0 aliphatic heterocycles. The molecule has 10 heavy (non-hydrogen) atoms. The van der Waals surface area contributed by atoms with E-state index in [4.69, 9.17) is 5.11 Å². The minimum atomic E-state index is 0.215. The van der Waals surface area contributed by atoms with Crippen molar-refractivity contribution in [2.45, 2.75) is 20.3 Å². The Morgan fingerprint density at radius 1 is 1.70 bits per heavy atom. The molecule has 0 aromatic rings. The molecule has 0 saturated carbocycles. The number of nitrogens with one attached hydrogen (secondary N) is 1. The Morgan fingerprint density at radius 2 is 2.30 bits per heavy atom. The first-order valence-corrected chi connectivity index (χ1v) is 3.32. The maximum atomic E-state index is 8.94. The fraction of sp³-hybridized carbons (Fsp3) is 0.571. The average Bonchev–Trinajstić information content (AvgIpc) is 1.89. The van der Waals surface area contributed by atoms with Gasteiger partial charge in [0.05, 0.1) is 0 Å². The smallest absolute Gasteiger partial charge is 0.163 e. The Morgan fingerprint density at radius 3 is 2.60 bits per heavy atom. The highest BCUT2D eigenvalue weighted by molar-refractivity contribution is 5.58. The molecule has 0 radical (unpaired) electrons. The quantitative estimate of drug-likeness (QED) is 0.462. The third-order valence-corrected chi connectivity index (χ3v) is 0.982. The highest BCUT2D eigenvalue weighted by Crippen LogP contribution is 1.95. The van der Waals surface area contributed by atoms with Crippen LogP contribution in [0, 0.1) is 0 Å². The summed E-state index contributed by atoms with van der Waals surface area (Å²) in [6.45, 7) is 3.59. The van der Waals surface area contributed by atoms with Crippen LogP contribution in [0.15, 0.2) is 16.6 Å². The summed E-state index contributed by atoms with van der Waals surface area (Å²) in [4.78, 5) is 3.95. The third kappa shape index (κ3) is 3.12. The van der Waals surface area contributed by atoms with Gasteiger partial charge in [0.25, 0.3) is 0 Å². The fourth-order valence-corrected chi connectivity index (χ4v) is 0.521. The minimum absolute atomic E-state index is 0.215. The normalized spacial score (nSPS) is 13.5. The maximum Gasteiger partial charge on any atom is 0.163 e. The fourth-order valence-electron chi connectivity index (χ4n) is 0.521. The largest absolute Gasteiger partial charge is 0.509 e. The van der Waals surface area contributed by atoms with Crippen LogP contribution >= 0.6 is 0 Å². The number of rotatable bonds is 3. The van der Waals surface area contributed by atoms with Gasteiger partial charge in [-0.2, -0.15) is 0 Å². The molecule has 0 aliphatic rings. The molecule has 0 bridgehead atoms. The van der Waals surface area contributed by atoms with Crippen LogP contribution in [-0.2, 0) is 0 Å². The summed E-state index contributed by atoms with van der Waals surface area (Å²) in [7, 11) is 1.72. The first-order valence-electron chi connectivity index (χ1n) is 3.32. The topological polar surface area (TPSA) is 44.6 Å². The van der Waals surface area contributed by atoms with Crippen molar-refractivity contribution in [1.82, 2.24) is 5.32 Å². The van der Waals surface area contributed by atoms with Gasteiger partial charge < -0.3 is 10.4 Å². The van der Waals surface area contributed by atoms with E-state index in [1.807, 2.05) is 6.92 Å². The summed E-state index contributed by atoms with van der Waals surface area (Å²) in [5.74, 6) is 0.744. The van der Waals surface area contributed by atoms with Gasteiger partial charge in [-0.3, -0.25) is 0 Å². The van der Waals surface area contributed by atoms with Gasteiger partial charge in [-0.05, 0) is 13.3 Å². The van der Waals surface area contributed by atoms with Crippen molar-refractivity contribution >= 4 is 6.21 Å². The van der Waals surface area contributed by atoms with E-state index in [0.29, 0.717) is 5.82 Å². The number of aliphatic imine (C=N–C) groups is 1. The van der Waals surface area contributed by atoms with Crippen LogP contribution in [0.25, 0.3) is 0 Å². The lowest BCUT2D eigenvalue weighted by Gasteiger charge is -1.99. The zero-order valence-electron chi connectivity index (χ0n) is 6.68. The van der Waals surface area contributed by atoms with E-state index in [1.54, 1.807) is 20.2 Å². The standard InChI is InChI=1S/C7H14N2O/c1-4-5-9-7(8-3)6(2)10/h5,8,10H,4H2,1-3H3/b7-6+,9-5?. The molecule has 0 rings (SSSR count). The predicted molar refractivity (Wildman–Crippen MR) is 43.2 cm³/mol. The van der Waals surface area contributed by atoms with E-state index >= 15 is 0 Å². The molecular weight excluding hydrogens is 128 g/mol. The van der Waals surface area contributed by atoms with E-state index in [9.17, 15) is 0 Å². The first kappa shape index (κ1) is 9.01. The van der Waals surface area contributed by atoms with E-state index in [2.05, 4.69) is 10.3 Å². The second kappa shape index (κ2) is 4.85. The molecule has 0 unspecified atom stereocenters. The molecule has 0 amide bonds. The number of nitrogens with zero attached hydrogens (tertiary/aromatic N) is 1. The van der Waals surface area contributed by atoms with Crippen molar-refractivity contribution in [2.24, 2.45) is 4.99 Å². The molecule has 0 fully saturated rings. The van der Waals surface area contributed by atoms with Gasteiger partial charge in [0.1, 0.15) is 5.76 Å². The Balaban J connectivity index is 4.10. The number of aliphatic hydroxyl groups excluding tert-OH is 1. The van der Waals surface area contributed by atoms with Gasteiger partial charge in [0.2, 0.25) is 0 Å². The second-order valence-corrected chi connectivity index (χ2v) is 1.90. The van der Waals surface area contributed by atoms with Gasteiger partial charge in [-0.25, -0.2) is 4.99 Å². The van der Waals surface area contributed by atoms with E-state index < -0.39 is 0 Å². The summed E-state index contributed by atoms with van der Waals surface area (Å²) in [5.41, 5.74) is 0.